The number of carbonyl (C=O) groups is 1. The number of halogens is 1. The van der Waals surface area contributed by atoms with Crippen LogP contribution in [0.25, 0.3) is 0 Å². The van der Waals surface area contributed by atoms with Crippen LogP contribution in [0.2, 0.25) is 0 Å². The van der Waals surface area contributed by atoms with Crippen molar-refractivity contribution >= 4 is 21.9 Å². The molecule has 2 aromatic rings. The summed E-state index contributed by atoms with van der Waals surface area (Å²) in [7, 11) is 0. The van der Waals surface area contributed by atoms with E-state index in [0.29, 0.717) is 16.2 Å². The van der Waals surface area contributed by atoms with Crippen LogP contribution < -0.4 is 4.74 Å². The molecule has 0 saturated heterocycles. The van der Waals surface area contributed by atoms with Crippen LogP contribution in [0.3, 0.4) is 0 Å². The zero-order chi connectivity index (χ0) is 14.7. The molecule has 0 radical (unpaired) electrons. The van der Waals surface area contributed by atoms with Crippen LogP contribution in [0.5, 0.6) is 5.75 Å². The number of carboxylic acids is 1. The van der Waals surface area contributed by atoms with Crippen molar-refractivity contribution < 1.29 is 19.2 Å². The molecule has 0 saturated carbocycles. The van der Waals surface area contributed by atoms with E-state index in [-0.39, 0.29) is 23.8 Å². The Balaban J connectivity index is 2.12. The van der Waals surface area contributed by atoms with Gasteiger partial charge in [0, 0.05) is 10.4 Å². The number of rotatable bonds is 5. The number of hydrogen-bond donors (Lipinski definition) is 1. The zero-order valence-electron chi connectivity index (χ0n) is 11.0. The summed E-state index contributed by atoms with van der Waals surface area (Å²) in [5.74, 6) is 0.248. The highest BCUT2D eigenvalue weighted by Crippen LogP contribution is 2.24. The second-order valence-electron chi connectivity index (χ2n) is 4.44. The van der Waals surface area contributed by atoms with Gasteiger partial charge in [-0.25, -0.2) is 4.79 Å². The Morgan fingerprint density at radius 2 is 2.25 bits per heavy atom. The van der Waals surface area contributed by atoms with E-state index in [9.17, 15) is 4.79 Å². The molecule has 0 aliphatic heterocycles. The number of carboxylic acid groups (broad SMARTS) is 1. The first kappa shape index (κ1) is 14.5. The lowest BCUT2D eigenvalue weighted by Crippen LogP contribution is -2.04. The third-order valence-corrected chi connectivity index (χ3v) is 3.00. The van der Waals surface area contributed by atoms with Crippen LogP contribution in [-0.2, 0) is 6.61 Å². The minimum atomic E-state index is -1.06. The maximum atomic E-state index is 11.1. The second kappa shape index (κ2) is 6.04. The van der Waals surface area contributed by atoms with Crippen molar-refractivity contribution in [1.82, 2.24) is 10.1 Å². The Bertz CT molecular complexity index is 625. The fraction of sp³-hybridized carbons (Fsp3) is 0.308. The fourth-order valence-corrected chi connectivity index (χ4v) is 1.86. The molecule has 1 N–H and O–H groups in total. The van der Waals surface area contributed by atoms with Crippen LogP contribution in [0, 0.1) is 0 Å². The molecule has 2 rings (SSSR count). The van der Waals surface area contributed by atoms with Crippen molar-refractivity contribution in [3.05, 3.63) is 40.0 Å². The molecular formula is C13H13BrN2O4. The highest BCUT2D eigenvalue weighted by Gasteiger charge is 2.14. The zero-order valence-corrected chi connectivity index (χ0v) is 12.5. The predicted octanol–water partition coefficient (Wildman–Crippen LogP) is 3.23. The van der Waals surface area contributed by atoms with Crippen molar-refractivity contribution in [3.8, 4) is 5.75 Å². The van der Waals surface area contributed by atoms with Crippen molar-refractivity contribution in [1.29, 1.82) is 0 Å². The van der Waals surface area contributed by atoms with Gasteiger partial charge in [0.05, 0.1) is 0 Å². The van der Waals surface area contributed by atoms with Crippen molar-refractivity contribution in [3.63, 3.8) is 0 Å². The Hall–Kier alpha value is -1.89. The summed E-state index contributed by atoms with van der Waals surface area (Å²) < 4.78 is 11.2. The first-order valence-corrected chi connectivity index (χ1v) is 6.74. The molecule has 0 aliphatic rings. The van der Waals surface area contributed by atoms with Crippen LogP contribution >= 0.6 is 15.9 Å². The Morgan fingerprint density at radius 3 is 2.85 bits per heavy atom. The molecule has 0 spiro atoms. The summed E-state index contributed by atoms with van der Waals surface area (Å²) in [5, 5.41) is 12.9. The topological polar surface area (TPSA) is 85.5 Å². The van der Waals surface area contributed by atoms with Crippen molar-refractivity contribution in [2.75, 3.05) is 0 Å². The SMILES string of the molecule is CC(C)c1nc(COc2ccc(Br)cc2C(=O)O)no1. The molecule has 0 unspecified atom stereocenters. The Labute approximate surface area is 123 Å². The monoisotopic (exact) mass is 340 g/mol. The third kappa shape index (κ3) is 3.36. The molecule has 1 aromatic carbocycles. The predicted molar refractivity (Wildman–Crippen MR) is 73.8 cm³/mol. The average Bonchev–Trinajstić information content (AvgIpc) is 2.86. The number of ether oxygens (including phenoxy) is 1. The first-order chi connectivity index (χ1) is 9.47. The molecule has 1 aromatic heterocycles. The summed E-state index contributed by atoms with van der Waals surface area (Å²) in [4.78, 5) is 15.3. The maximum absolute atomic E-state index is 11.1. The van der Waals surface area contributed by atoms with Gasteiger partial charge in [-0.3, -0.25) is 0 Å². The number of nitrogens with zero attached hydrogens (tertiary/aromatic N) is 2. The van der Waals surface area contributed by atoms with Gasteiger partial charge in [0.15, 0.2) is 6.61 Å². The molecule has 0 aliphatic carbocycles. The van der Waals surface area contributed by atoms with Gasteiger partial charge in [-0.2, -0.15) is 4.98 Å². The highest BCUT2D eigenvalue weighted by molar-refractivity contribution is 9.10. The lowest BCUT2D eigenvalue weighted by molar-refractivity contribution is 0.0691. The van der Waals surface area contributed by atoms with Gasteiger partial charge in [0.25, 0.3) is 0 Å². The fourth-order valence-electron chi connectivity index (χ4n) is 1.50. The number of hydrogen-bond acceptors (Lipinski definition) is 5. The number of aromatic nitrogens is 2. The highest BCUT2D eigenvalue weighted by atomic mass is 79.9. The molecule has 0 bridgehead atoms. The molecule has 1 heterocycles. The summed E-state index contributed by atoms with van der Waals surface area (Å²) >= 11 is 3.22. The van der Waals surface area contributed by atoms with E-state index in [1.807, 2.05) is 13.8 Å². The Kier molecular flexibility index (Phi) is 4.39. The van der Waals surface area contributed by atoms with Crippen LogP contribution in [0.15, 0.2) is 27.2 Å². The summed E-state index contributed by atoms with van der Waals surface area (Å²) in [6.45, 7) is 3.93. The molecule has 7 heteroatoms. The van der Waals surface area contributed by atoms with Crippen molar-refractivity contribution in [2.45, 2.75) is 26.4 Å². The van der Waals surface area contributed by atoms with Crippen LogP contribution in [-0.4, -0.2) is 21.2 Å². The maximum Gasteiger partial charge on any atom is 0.339 e. The normalized spacial score (nSPS) is 10.8. The van der Waals surface area contributed by atoms with Gasteiger partial charge >= 0.3 is 5.97 Å². The summed E-state index contributed by atoms with van der Waals surface area (Å²) in [6, 6.07) is 4.77. The van der Waals surface area contributed by atoms with E-state index in [4.69, 9.17) is 14.4 Å². The van der Waals surface area contributed by atoms with E-state index >= 15 is 0 Å². The summed E-state index contributed by atoms with van der Waals surface area (Å²) in [6.07, 6.45) is 0. The minimum absolute atomic E-state index is 0.0537. The lowest BCUT2D eigenvalue weighted by Gasteiger charge is -2.07. The Morgan fingerprint density at radius 1 is 1.50 bits per heavy atom. The summed E-state index contributed by atoms with van der Waals surface area (Å²) in [5.41, 5.74) is 0.0759. The quantitative estimate of drug-likeness (QED) is 0.899. The lowest BCUT2D eigenvalue weighted by atomic mass is 10.2. The van der Waals surface area contributed by atoms with E-state index in [1.165, 1.54) is 6.07 Å². The molecule has 0 amide bonds. The van der Waals surface area contributed by atoms with E-state index < -0.39 is 5.97 Å². The van der Waals surface area contributed by atoms with Gasteiger partial charge < -0.3 is 14.4 Å². The smallest absolute Gasteiger partial charge is 0.339 e. The number of benzene rings is 1. The molecule has 20 heavy (non-hydrogen) atoms. The standard InChI is InChI=1S/C13H13BrN2O4/c1-7(2)12-15-11(16-20-12)6-19-10-4-3-8(14)5-9(10)13(17)18/h3-5,7H,6H2,1-2H3,(H,17,18). The molecule has 106 valence electrons. The molecule has 0 fully saturated rings. The number of aromatic carboxylic acids is 1. The van der Waals surface area contributed by atoms with E-state index in [1.54, 1.807) is 12.1 Å². The van der Waals surface area contributed by atoms with Gasteiger partial charge in [-0.1, -0.05) is 34.9 Å². The molecular weight excluding hydrogens is 328 g/mol. The van der Waals surface area contributed by atoms with Crippen LogP contribution in [0.4, 0.5) is 0 Å². The van der Waals surface area contributed by atoms with Gasteiger partial charge in [-0.05, 0) is 18.2 Å². The molecule has 0 atom stereocenters. The van der Waals surface area contributed by atoms with Gasteiger partial charge in [0.2, 0.25) is 11.7 Å². The largest absolute Gasteiger partial charge is 0.485 e. The molecule has 6 nitrogen and oxygen atoms in total. The van der Waals surface area contributed by atoms with Gasteiger partial charge in [0.1, 0.15) is 11.3 Å². The first-order valence-electron chi connectivity index (χ1n) is 5.95. The minimum Gasteiger partial charge on any atom is -0.485 e. The van der Waals surface area contributed by atoms with Crippen LogP contribution in [0.1, 0.15) is 41.8 Å². The van der Waals surface area contributed by atoms with Gasteiger partial charge in [-0.15, -0.1) is 0 Å². The second-order valence-corrected chi connectivity index (χ2v) is 5.35. The third-order valence-electron chi connectivity index (χ3n) is 2.51. The average molecular weight is 341 g/mol. The van der Waals surface area contributed by atoms with Crippen molar-refractivity contribution in [2.24, 2.45) is 0 Å². The van der Waals surface area contributed by atoms with E-state index in [0.717, 1.165) is 0 Å². The van der Waals surface area contributed by atoms with E-state index in [2.05, 4.69) is 26.1 Å².